The second-order valence-electron chi connectivity index (χ2n) is 6.84. The van der Waals surface area contributed by atoms with Gasteiger partial charge in [0.1, 0.15) is 0 Å². The van der Waals surface area contributed by atoms with E-state index in [1.54, 1.807) is 25.4 Å². The number of nitrogens with one attached hydrogen (secondary N) is 1. The summed E-state index contributed by atoms with van der Waals surface area (Å²) in [4.78, 5) is 16.8. The van der Waals surface area contributed by atoms with Crippen molar-refractivity contribution in [3.05, 3.63) is 87.0 Å². The molecule has 0 radical (unpaired) electrons. The zero-order valence-electron chi connectivity index (χ0n) is 16.6. The summed E-state index contributed by atoms with van der Waals surface area (Å²) in [6.07, 6.45) is 2.27. The Balaban J connectivity index is 1.51. The minimum atomic E-state index is -0.422. The molecule has 0 amide bonds. The first-order valence-electron chi connectivity index (χ1n) is 9.43. The Morgan fingerprint density at radius 2 is 2.03 bits per heavy atom. The minimum Gasteiger partial charge on any atom is -0.481 e. The van der Waals surface area contributed by atoms with E-state index in [0.717, 1.165) is 22.4 Å². The summed E-state index contributed by atoms with van der Waals surface area (Å²) < 4.78 is 8.57. The van der Waals surface area contributed by atoms with Crippen molar-refractivity contribution in [2.45, 2.75) is 6.42 Å². The SMILES string of the molecule is COc1cc(CC#Cc2ccc3c(c2)C(=O)C/S(=C\c2ccc(Cl)c(Cl)c2)N3)ccn1. The maximum Gasteiger partial charge on any atom is 0.213 e. The number of methoxy groups -OCH3 is 1. The van der Waals surface area contributed by atoms with Crippen LogP contribution in [0.15, 0.2) is 54.7 Å². The molecular formula is C24H18Cl2N2O2S. The first-order valence-corrected chi connectivity index (χ1v) is 11.6. The quantitative estimate of drug-likeness (QED) is 0.399. The molecule has 4 rings (SSSR count). The van der Waals surface area contributed by atoms with E-state index in [9.17, 15) is 4.79 Å². The van der Waals surface area contributed by atoms with Gasteiger partial charge in [-0.1, -0.05) is 51.8 Å². The number of benzene rings is 2. The van der Waals surface area contributed by atoms with Crippen molar-refractivity contribution in [3.8, 4) is 17.7 Å². The topological polar surface area (TPSA) is 51.2 Å². The summed E-state index contributed by atoms with van der Waals surface area (Å²) in [5.41, 5.74) is 4.25. The number of nitrogens with zero attached hydrogens (tertiary/aromatic N) is 1. The van der Waals surface area contributed by atoms with E-state index in [1.807, 2.05) is 41.8 Å². The van der Waals surface area contributed by atoms with Gasteiger partial charge in [-0.15, -0.1) is 0 Å². The highest BCUT2D eigenvalue weighted by atomic mass is 35.5. The number of Topliss-reactive ketones (excluding diaryl/α,β-unsaturated/α-hetero) is 1. The molecule has 7 heteroatoms. The lowest BCUT2D eigenvalue weighted by Crippen LogP contribution is -2.16. The Hall–Kier alpha value is -2.78. The number of rotatable bonds is 3. The van der Waals surface area contributed by atoms with Gasteiger partial charge in [-0.05, 0) is 52.9 Å². The van der Waals surface area contributed by atoms with Crippen LogP contribution in [0.3, 0.4) is 0 Å². The molecule has 0 bridgehead atoms. The lowest BCUT2D eigenvalue weighted by Gasteiger charge is -2.21. The summed E-state index contributed by atoms with van der Waals surface area (Å²) in [6.45, 7) is 0. The van der Waals surface area contributed by atoms with Crippen LogP contribution in [0.2, 0.25) is 10.0 Å². The average molecular weight is 469 g/mol. The molecule has 0 saturated heterocycles. The number of carbonyl (C=O) groups is 1. The van der Waals surface area contributed by atoms with Crippen LogP contribution in [0.25, 0.3) is 0 Å². The van der Waals surface area contributed by atoms with Crippen molar-refractivity contribution in [3.63, 3.8) is 0 Å². The van der Waals surface area contributed by atoms with Crippen molar-refractivity contribution < 1.29 is 9.53 Å². The molecule has 2 aromatic carbocycles. The normalized spacial score (nSPS) is 14.9. The zero-order valence-corrected chi connectivity index (χ0v) is 18.9. The second kappa shape index (κ2) is 9.57. The van der Waals surface area contributed by atoms with Crippen LogP contribution in [-0.4, -0.2) is 29.0 Å². The van der Waals surface area contributed by atoms with Gasteiger partial charge in [0.2, 0.25) is 5.88 Å². The van der Waals surface area contributed by atoms with E-state index in [-0.39, 0.29) is 5.78 Å². The van der Waals surface area contributed by atoms with Crippen molar-refractivity contribution in [2.24, 2.45) is 0 Å². The number of hydrogen-bond donors (Lipinski definition) is 1. The summed E-state index contributed by atoms with van der Waals surface area (Å²) in [7, 11) is 1.16. The van der Waals surface area contributed by atoms with Crippen LogP contribution >= 0.6 is 33.9 Å². The van der Waals surface area contributed by atoms with E-state index >= 15 is 0 Å². The molecule has 156 valence electrons. The van der Waals surface area contributed by atoms with E-state index in [1.165, 1.54) is 0 Å². The molecule has 1 aliphatic heterocycles. The highest BCUT2D eigenvalue weighted by Gasteiger charge is 2.19. The van der Waals surface area contributed by atoms with Crippen LogP contribution < -0.4 is 9.46 Å². The average Bonchev–Trinajstić information content (AvgIpc) is 2.77. The third-order valence-corrected chi connectivity index (χ3v) is 6.95. The third kappa shape index (κ3) is 5.29. The molecule has 0 fully saturated rings. The second-order valence-corrected chi connectivity index (χ2v) is 9.24. The summed E-state index contributed by atoms with van der Waals surface area (Å²) in [5, 5.41) is 3.02. The number of aromatic nitrogens is 1. The van der Waals surface area contributed by atoms with E-state index in [0.29, 0.717) is 33.7 Å². The van der Waals surface area contributed by atoms with Gasteiger partial charge in [0.25, 0.3) is 0 Å². The summed E-state index contributed by atoms with van der Waals surface area (Å²) in [5.74, 6) is 7.34. The molecule has 1 atom stereocenters. The molecule has 31 heavy (non-hydrogen) atoms. The van der Waals surface area contributed by atoms with Gasteiger partial charge in [0.15, 0.2) is 5.78 Å². The Morgan fingerprint density at radius 3 is 2.84 bits per heavy atom. The summed E-state index contributed by atoms with van der Waals surface area (Å²) >= 11 is 12.1. The monoisotopic (exact) mass is 468 g/mol. The number of carbonyl (C=O) groups excluding carboxylic acids is 1. The Labute approximate surface area is 193 Å². The fourth-order valence-corrected chi connectivity index (χ4v) is 4.97. The van der Waals surface area contributed by atoms with Crippen molar-refractivity contribution in [1.29, 1.82) is 0 Å². The molecule has 2 heterocycles. The number of pyridine rings is 1. The van der Waals surface area contributed by atoms with Gasteiger partial charge in [0.05, 0.1) is 28.6 Å². The van der Waals surface area contributed by atoms with Gasteiger partial charge in [-0.3, -0.25) is 4.79 Å². The third-order valence-electron chi connectivity index (χ3n) is 4.60. The molecular weight excluding hydrogens is 451 g/mol. The number of hydrogen-bond acceptors (Lipinski definition) is 4. The summed E-state index contributed by atoms with van der Waals surface area (Å²) in [6, 6.07) is 14.9. The Morgan fingerprint density at radius 1 is 1.16 bits per heavy atom. The van der Waals surface area contributed by atoms with Crippen molar-refractivity contribution in [1.82, 2.24) is 4.98 Å². The fraction of sp³-hybridized carbons (Fsp3) is 0.125. The number of ether oxygens (including phenoxy) is 1. The molecule has 1 unspecified atom stereocenters. The van der Waals surface area contributed by atoms with Crippen LogP contribution in [0.5, 0.6) is 5.88 Å². The van der Waals surface area contributed by atoms with Crippen LogP contribution in [0, 0.1) is 11.8 Å². The minimum absolute atomic E-state index is 0.0934. The molecule has 0 saturated carbocycles. The number of ketones is 1. The van der Waals surface area contributed by atoms with Gasteiger partial charge in [-0.25, -0.2) is 4.98 Å². The lowest BCUT2D eigenvalue weighted by molar-refractivity contribution is 0.102. The fourth-order valence-electron chi connectivity index (χ4n) is 3.08. The van der Waals surface area contributed by atoms with E-state index in [4.69, 9.17) is 27.9 Å². The molecule has 3 aromatic rings. The largest absolute Gasteiger partial charge is 0.481 e. The van der Waals surface area contributed by atoms with Crippen LogP contribution in [-0.2, 0) is 6.42 Å². The smallest absolute Gasteiger partial charge is 0.213 e. The maximum atomic E-state index is 12.8. The van der Waals surface area contributed by atoms with E-state index in [2.05, 4.69) is 21.5 Å². The number of fused-ring (bicyclic) bond motifs is 1. The molecule has 1 aromatic heterocycles. The van der Waals surface area contributed by atoms with E-state index < -0.39 is 10.7 Å². The molecule has 0 spiro atoms. The van der Waals surface area contributed by atoms with Crippen LogP contribution in [0.4, 0.5) is 5.69 Å². The molecule has 4 nitrogen and oxygen atoms in total. The first-order chi connectivity index (χ1) is 15.0. The lowest BCUT2D eigenvalue weighted by atomic mass is 10.1. The molecule has 1 N–H and O–H groups in total. The van der Waals surface area contributed by atoms with Gasteiger partial charge in [0, 0.05) is 29.8 Å². The first kappa shape index (κ1) is 21.5. The highest BCUT2D eigenvalue weighted by Crippen LogP contribution is 2.31. The predicted molar refractivity (Wildman–Crippen MR) is 130 cm³/mol. The Kier molecular flexibility index (Phi) is 6.62. The van der Waals surface area contributed by atoms with Gasteiger partial charge < -0.3 is 9.46 Å². The predicted octanol–water partition coefficient (Wildman–Crippen LogP) is 5.63. The van der Waals surface area contributed by atoms with Crippen molar-refractivity contribution >= 4 is 50.7 Å². The number of halogens is 2. The molecule has 1 aliphatic rings. The number of anilines is 1. The zero-order chi connectivity index (χ0) is 21.8. The molecule has 0 aliphatic carbocycles. The Bertz CT molecular complexity index is 1260. The van der Waals surface area contributed by atoms with Gasteiger partial charge >= 0.3 is 0 Å². The highest BCUT2D eigenvalue weighted by molar-refractivity contribution is 8.17. The standard InChI is InChI=1S/C24H18Cl2N2O2S/c1-30-24-13-17(9-10-27-24)4-2-3-16-6-8-22-19(11-16)23(29)15-31(28-22)14-18-5-7-20(25)21(26)12-18/h5-14,28H,4,15H2,1H3. The van der Waals surface area contributed by atoms with Crippen LogP contribution in [0.1, 0.15) is 27.0 Å². The van der Waals surface area contributed by atoms with Crippen molar-refractivity contribution in [2.75, 3.05) is 17.6 Å². The maximum absolute atomic E-state index is 12.8. The van der Waals surface area contributed by atoms with Gasteiger partial charge in [-0.2, -0.15) is 0 Å².